The quantitative estimate of drug-likeness (QED) is 0.275. The molecule has 2 atom stereocenters. The van der Waals surface area contributed by atoms with Crippen LogP contribution in [0.4, 0.5) is 0 Å². The number of nitrogens with zero attached hydrogens (tertiary/aromatic N) is 1. The molecule has 0 aliphatic rings. The topological polar surface area (TPSA) is 132 Å². The summed E-state index contributed by atoms with van der Waals surface area (Å²) in [6, 6.07) is 1.19. The van der Waals surface area contributed by atoms with Crippen molar-refractivity contribution in [1.82, 2.24) is 14.9 Å². The van der Waals surface area contributed by atoms with E-state index in [1.807, 2.05) is 6.92 Å². The van der Waals surface area contributed by atoms with Gasteiger partial charge in [0, 0.05) is 18.8 Å². The van der Waals surface area contributed by atoms with Gasteiger partial charge in [0.2, 0.25) is 5.91 Å². The molecule has 0 bridgehead atoms. The number of nitrogens with one attached hydrogen (secondary N) is 2. The van der Waals surface area contributed by atoms with Crippen LogP contribution in [0.25, 0.3) is 0 Å². The largest absolute Gasteiger partial charge is 0.414 e. The van der Waals surface area contributed by atoms with Gasteiger partial charge < -0.3 is 24.3 Å². The van der Waals surface area contributed by atoms with Crippen molar-refractivity contribution in [1.29, 1.82) is 0 Å². The van der Waals surface area contributed by atoms with E-state index in [4.69, 9.17) is 13.9 Å². The zero-order valence-electron chi connectivity index (χ0n) is 20.1. The molecule has 0 saturated heterocycles. The Labute approximate surface area is 190 Å². The maximum absolute atomic E-state index is 12.3. The second-order valence-electron chi connectivity index (χ2n) is 9.20. The van der Waals surface area contributed by atoms with E-state index in [0.29, 0.717) is 6.54 Å². The van der Waals surface area contributed by atoms with Gasteiger partial charge in [0.15, 0.2) is 14.5 Å². The van der Waals surface area contributed by atoms with Gasteiger partial charge in [-0.3, -0.25) is 19.1 Å². The zero-order valence-corrected chi connectivity index (χ0v) is 21.1. The fourth-order valence-corrected chi connectivity index (χ4v) is 3.46. The number of hydrogen-bond acceptors (Lipinski definition) is 7. The van der Waals surface area contributed by atoms with E-state index in [9.17, 15) is 19.5 Å². The number of aliphatic hydroxyl groups is 1. The molecule has 0 aliphatic carbocycles. The van der Waals surface area contributed by atoms with Crippen LogP contribution < -0.4 is 16.6 Å². The molecule has 0 aliphatic heterocycles. The smallest absolute Gasteiger partial charge is 0.330 e. The Morgan fingerprint density at radius 1 is 1.28 bits per heavy atom. The highest BCUT2D eigenvalue weighted by Gasteiger charge is 2.38. The minimum Gasteiger partial charge on any atom is -0.414 e. The van der Waals surface area contributed by atoms with Gasteiger partial charge in [-0.15, -0.1) is 0 Å². The molecule has 11 heteroatoms. The van der Waals surface area contributed by atoms with Crippen LogP contribution in [0.15, 0.2) is 21.9 Å². The normalized spacial score (nSPS) is 14.2. The van der Waals surface area contributed by atoms with Gasteiger partial charge >= 0.3 is 5.69 Å². The second kappa shape index (κ2) is 13.0. The molecule has 0 radical (unpaired) electrons. The fourth-order valence-electron chi connectivity index (χ4n) is 2.42. The van der Waals surface area contributed by atoms with Crippen LogP contribution in [0.3, 0.4) is 0 Å². The van der Waals surface area contributed by atoms with Gasteiger partial charge in [0.25, 0.3) is 5.56 Å². The number of aromatic amines is 1. The summed E-state index contributed by atoms with van der Waals surface area (Å²) in [7, 11) is -2.08. The van der Waals surface area contributed by atoms with E-state index in [1.54, 1.807) is 0 Å². The van der Waals surface area contributed by atoms with Crippen molar-refractivity contribution >= 4 is 14.2 Å². The van der Waals surface area contributed by atoms with E-state index < -0.39 is 31.9 Å². The van der Waals surface area contributed by atoms with Crippen molar-refractivity contribution in [2.45, 2.75) is 71.0 Å². The van der Waals surface area contributed by atoms with Crippen LogP contribution in [0, 0.1) is 0 Å². The third-order valence-electron chi connectivity index (χ3n) is 5.50. The van der Waals surface area contributed by atoms with E-state index >= 15 is 0 Å². The molecule has 0 aromatic carbocycles. The van der Waals surface area contributed by atoms with Crippen molar-refractivity contribution in [2.75, 3.05) is 33.0 Å². The molecular weight excluding hydrogens is 434 g/mol. The molecule has 0 fully saturated rings. The third-order valence-corrected chi connectivity index (χ3v) is 10.00. The lowest BCUT2D eigenvalue weighted by Crippen LogP contribution is -2.44. The summed E-state index contributed by atoms with van der Waals surface area (Å²) in [6.07, 6.45) is 1.43. The van der Waals surface area contributed by atoms with Crippen molar-refractivity contribution in [3.63, 3.8) is 0 Å². The monoisotopic (exact) mass is 473 g/mol. The van der Waals surface area contributed by atoms with Gasteiger partial charge in [-0.05, 0) is 24.6 Å². The van der Waals surface area contributed by atoms with Crippen LogP contribution in [0.5, 0.6) is 0 Å². The maximum Gasteiger partial charge on any atom is 0.330 e. The average Bonchev–Trinajstić information content (AvgIpc) is 2.69. The summed E-state index contributed by atoms with van der Waals surface area (Å²) in [5.74, 6) is -0.272. The lowest BCUT2D eigenvalue weighted by atomic mass is 10.2. The number of carbonyl (C=O) groups is 1. The van der Waals surface area contributed by atoms with E-state index in [1.165, 1.54) is 12.3 Å². The molecule has 3 N–H and O–H groups in total. The fraction of sp³-hybridized carbons (Fsp3) is 0.762. The number of H-pyrrole nitrogens is 1. The summed E-state index contributed by atoms with van der Waals surface area (Å²) in [5, 5.41) is 12.6. The van der Waals surface area contributed by atoms with Gasteiger partial charge in [-0.25, -0.2) is 4.79 Å². The molecule has 32 heavy (non-hydrogen) atoms. The Morgan fingerprint density at radius 2 is 1.97 bits per heavy atom. The van der Waals surface area contributed by atoms with E-state index in [0.717, 1.165) is 17.4 Å². The molecule has 1 heterocycles. The van der Waals surface area contributed by atoms with Gasteiger partial charge in [0.1, 0.15) is 12.7 Å². The molecule has 0 spiro atoms. The highest BCUT2D eigenvalue weighted by Crippen LogP contribution is 2.36. The zero-order chi connectivity index (χ0) is 24.4. The Kier molecular flexibility index (Phi) is 11.5. The number of ether oxygens (including phenoxy) is 2. The number of carbonyl (C=O) groups excluding carboxylic acids is 1. The first kappa shape index (κ1) is 28.2. The van der Waals surface area contributed by atoms with Gasteiger partial charge in [0.05, 0.1) is 19.8 Å². The average molecular weight is 474 g/mol. The van der Waals surface area contributed by atoms with Crippen LogP contribution in [-0.2, 0) is 18.7 Å². The van der Waals surface area contributed by atoms with Gasteiger partial charge in [-0.2, -0.15) is 0 Å². The predicted octanol–water partition coefficient (Wildman–Crippen LogP) is 1.37. The third kappa shape index (κ3) is 9.37. The lowest BCUT2D eigenvalue weighted by molar-refractivity contribution is -0.137. The molecule has 1 rings (SSSR count). The van der Waals surface area contributed by atoms with Crippen molar-refractivity contribution in [2.24, 2.45) is 0 Å². The van der Waals surface area contributed by atoms with E-state index in [-0.39, 0.29) is 37.4 Å². The molecule has 184 valence electrons. The molecular formula is C21H39N3O7Si. The Morgan fingerprint density at radius 3 is 2.53 bits per heavy atom. The predicted molar refractivity (Wildman–Crippen MR) is 124 cm³/mol. The molecule has 1 aromatic heterocycles. The molecule has 10 nitrogen and oxygen atoms in total. The summed E-state index contributed by atoms with van der Waals surface area (Å²) in [4.78, 5) is 37.8. The van der Waals surface area contributed by atoms with Crippen molar-refractivity contribution < 1.29 is 23.8 Å². The number of hydrogen-bond donors (Lipinski definition) is 3. The number of unbranched alkanes of at least 4 members (excludes halogenated alkanes) is 1. The second-order valence-corrected chi connectivity index (χ2v) is 14.0. The Bertz CT molecular complexity index is 817. The number of aliphatic hydroxyl groups excluding tert-OH is 1. The van der Waals surface area contributed by atoms with E-state index in [2.05, 4.69) is 44.2 Å². The van der Waals surface area contributed by atoms with Crippen LogP contribution in [-0.4, -0.2) is 68.0 Å². The summed E-state index contributed by atoms with van der Waals surface area (Å²) in [5.41, 5.74) is -1.22. The highest BCUT2D eigenvalue weighted by molar-refractivity contribution is 6.74. The summed E-state index contributed by atoms with van der Waals surface area (Å²) < 4.78 is 18.7. The first-order valence-corrected chi connectivity index (χ1v) is 13.9. The number of aromatic nitrogens is 2. The molecule has 0 unspecified atom stereocenters. The van der Waals surface area contributed by atoms with Crippen molar-refractivity contribution in [3.05, 3.63) is 33.1 Å². The standard InChI is InChI=1S/C21H39N3O7Si/c1-7-8-10-22-18(27)14-29-15-19(24-11-9-17(26)23-20(24)28)31-16(12-25)13-30-32(5,6)21(2,3)4/h9,11,16,19,25H,7-8,10,12-15H2,1-6H3,(H,22,27)(H,23,26,28)/t16-,19-/m1/s1. The summed E-state index contributed by atoms with van der Waals surface area (Å²) in [6.45, 7) is 12.6. The Hall–Kier alpha value is -1.79. The first-order valence-electron chi connectivity index (χ1n) is 11.0. The van der Waals surface area contributed by atoms with Crippen molar-refractivity contribution in [3.8, 4) is 0 Å². The number of amides is 1. The minimum absolute atomic E-state index is 0.0174. The highest BCUT2D eigenvalue weighted by atomic mass is 28.4. The lowest BCUT2D eigenvalue weighted by Gasteiger charge is -2.37. The van der Waals surface area contributed by atoms with Crippen LogP contribution in [0.1, 0.15) is 46.8 Å². The number of rotatable bonds is 14. The summed E-state index contributed by atoms with van der Waals surface area (Å²) >= 11 is 0. The first-order chi connectivity index (χ1) is 14.9. The maximum atomic E-state index is 12.3. The minimum atomic E-state index is -2.08. The molecule has 1 aromatic rings. The molecule has 1 amide bonds. The van der Waals surface area contributed by atoms with Crippen LogP contribution >= 0.6 is 0 Å². The van der Waals surface area contributed by atoms with Crippen LogP contribution in [0.2, 0.25) is 18.1 Å². The van der Waals surface area contributed by atoms with Gasteiger partial charge in [-0.1, -0.05) is 34.1 Å². The molecule has 0 saturated carbocycles. The SMILES string of the molecule is CCCCNC(=O)COC[C@@H](O[C@H](CO)CO[Si](C)(C)C(C)(C)C)n1ccc(=O)[nH]c1=O. The Balaban J connectivity index is 2.87.